The molecular weight excluding hydrogens is 320 g/mol. The Hall–Kier alpha value is -1.82. The monoisotopic (exact) mass is 348 g/mol. The lowest BCUT2D eigenvalue weighted by molar-refractivity contribution is -0.127. The van der Waals surface area contributed by atoms with E-state index in [1.807, 2.05) is 0 Å². The van der Waals surface area contributed by atoms with Crippen LogP contribution in [0.15, 0.2) is 10.5 Å². The molecule has 3 rings (SSSR count). The lowest BCUT2D eigenvalue weighted by Gasteiger charge is -2.33. The number of hydrogen-bond donors (Lipinski definition) is 2. The van der Waals surface area contributed by atoms with Crippen LogP contribution in [0.3, 0.4) is 0 Å². The van der Waals surface area contributed by atoms with Gasteiger partial charge in [-0.1, -0.05) is 19.3 Å². The van der Waals surface area contributed by atoms with Crippen LogP contribution in [0.5, 0.6) is 0 Å². The van der Waals surface area contributed by atoms with Crippen molar-refractivity contribution in [3.63, 3.8) is 0 Å². The number of aromatic carboxylic acids is 1. The lowest BCUT2D eigenvalue weighted by Crippen LogP contribution is -2.46. The summed E-state index contributed by atoms with van der Waals surface area (Å²) >= 11 is 0. The van der Waals surface area contributed by atoms with Gasteiger partial charge in [0.2, 0.25) is 5.91 Å². The molecule has 1 aliphatic carbocycles. The molecule has 6 nitrogen and oxygen atoms in total. The van der Waals surface area contributed by atoms with Gasteiger partial charge in [0.15, 0.2) is 0 Å². The Morgan fingerprint density at radius 3 is 2.48 bits per heavy atom. The molecule has 138 valence electrons. The molecule has 1 aliphatic heterocycles. The Morgan fingerprint density at radius 1 is 1.20 bits per heavy atom. The van der Waals surface area contributed by atoms with E-state index in [2.05, 4.69) is 10.2 Å². The Morgan fingerprint density at radius 2 is 1.88 bits per heavy atom. The number of carbonyl (C=O) groups excluding carboxylic acids is 1. The third-order valence-electron chi connectivity index (χ3n) is 5.49. The van der Waals surface area contributed by atoms with Gasteiger partial charge in [-0.15, -0.1) is 0 Å². The normalized spacial score (nSPS) is 20.5. The largest absolute Gasteiger partial charge is 0.478 e. The van der Waals surface area contributed by atoms with E-state index in [-0.39, 0.29) is 23.4 Å². The minimum Gasteiger partial charge on any atom is -0.478 e. The smallest absolute Gasteiger partial charge is 0.339 e. The fourth-order valence-corrected chi connectivity index (χ4v) is 3.97. The van der Waals surface area contributed by atoms with Crippen molar-refractivity contribution in [2.24, 2.45) is 5.92 Å². The van der Waals surface area contributed by atoms with Gasteiger partial charge in [0.05, 0.1) is 6.54 Å². The summed E-state index contributed by atoms with van der Waals surface area (Å²) < 4.78 is 5.56. The summed E-state index contributed by atoms with van der Waals surface area (Å²) in [4.78, 5) is 25.7. The molecule has 0 unspecified atom stereocenters. The number of aryl methyl sites for hydroxylation is 1. The summed E-state index contributed by atoms with van der Waals surface area (Å²) in [6, 6.07) is 1.88. The highest BCUT2D eigenvalue weighted by Gasteiger charge is 2.26. The molecule has 0 bridgehead atoms. The minimum atomic E-state index is -0.948. The van der Waals surface area contributed by atoms with Crippen molar-refractivity contribution in [2.45, 2.75) is 64.5 Å². The molecule has 1 amide bonds. The number of nitrogens with one attached hydrogen (secondary N) is 1. The van der Waals surface area contributed by atoms with Crippen molar-refractivity contribution < 1.29 is 19.1 Å². The highest BCUT2D eigenvalue weighted by atomic mass is 16.4. The van der Waals surface area contributed by atoms with Gasteiger partial charge in [-0.05, 0) is 38.7 Å². The van der Waals surface area contributed by atoms with Gasteiger partial charge in [0, 0.05) is 25.0 Å². The van der Waals surface area contributed by atoms with Gasteiger partial charge < -0.3 is 14.8 Å². The third kappa shape index (κ3) is 4.63. The van der Waals surface area contributed by atoms with E-state index in [0.717, 1.165) is 38.8 Å². The molecule has 2 aliphatic rings. The fourth-order valence-electron chi connectivity index (χ4n) is 3.97. The highest BCUT2D eigenvalue weighted by Crippen LogP contribution is 2.24. The predicted octanol–water partition coefficient (Wildman–Crippen LogP) is 2.95. The number of nitrogens with zero attached hydrogens (tertiary/aromatic N) is 1. The fraction of sp³-hybridized carbons (Fsp3) is 0.684. The van der Waals surface area contributed by atoms with Crippen LogP contribution in [-0.4, -0.2) is 41.0 Å². The second kappa shape index (κ2) is 8.04. The minimum absolute atomic E-state index is 0.215. The van der Waals surface area contributed by atoms with Crippen molar-refractivity contribution in [1.29, 1.82) is 0 Å². The molecule has 2 heterocycles. The molecule has 0 radical (unpaired) electrons. The number of amides is 1. The van der Waals surface area contributed by atoms with Gasteiger partial charge in [0.1, 0.15) is 17.1 Å². The lowest BCUT2D eigenvalue weighted by atomic mass is 9.88. The maximum Gasteiger partial charge on any atom is 0.339 e. The first-order chi connectivity index (χ1) is 12.0. The molecule has 1 aromatic heterocycles. The number of hydrogen-bond acceptors (Lipinski definition) is 4. The molecule has 25 heavy (non-hydrogen) atoms. The molecule has 1 saturated carbocycles. The Bertz CT molecular complexity index is 611. The zero-order chi connectivity index (χ0) is 17.8. The number of carboxylic acid groups (broad SMARTS) is 1. The van der Waals surface area contributed by atoms with E-state index in [1.165, 1.54) is 19.3 Å². The summed E-state index contributed by atoms with van der Waals surface area (Å²) in [5.41, 5.74) is 0.240. The molecule has 6 heteroatoms. The van der Waals surface area contributed by atoms with E-state index in [9.17, 15) is 9.59 Å². The molecule has 1 aromatic rings. The second-order valence-corrected chi connectivity index (χ2v) is 7.38. The predicted molar refractivity (Wildman–Crippen MR) is 93.4 cm³/mol. The van der Waals surface area contributed by atoms with Crippen molar-refractivity contribution >= 4 is 11.9 Å². The van der Waals surface area contributed by atoms with E-state index in [0.29, 0.717) is 18.1 Å². The third-order valence-corrected chi connectivity index (χ3v) is 5.49. The standard InChI is InChI=1S/C19H28N2O4/c1-13-17(19(23)24)11-16(25-13)12-21-9-7-15(8-10-21)20-18(22)14-5-3-2-4-6-14/h11,14-15H,2-10,12H2,1H3,(H,20,22)(H,23,24). The van der Waals surface area contributed by atoms with Gasteiger partial charge in [0.25, 0.3) is 0 Å². The van der Waals surface area contributed by atoms with Gasteiger partial charge in [-0.2, -0.15) is 0 Å². The Kier molecular flexibility index (Phi) is 5.78. The Labute approximate surface area is 148 Å². The van der Waals surface area contributed by atoms with Crippen LogP contribution in [0, 0.1) is 12.8 Å². The topological polar surface area (TPSA) is 82.8 Å². The number of furan rings is 1. The quantitative estimate of drug-likeness (QED) is 0.855. The molecule has 0 atom stereocenters. The van der Waals surface area contributed by atoms with Crippen LogP contribution < -0.4 is 5.32 Å². The number of rotatable bonds is 5. The maximum absolute atomic E-state index is 12.3. The summed E-state index contributed by atoms with van der Waals surface area (Å²) in [6.07, 6.45) is 7.56. The summed E-state index contributed by atoms with van der Waals surface area (Å²) in [5.74, 6) is 0.659. The average Bonchev–Trinajstić information content (AvgIpc) is 2.98. The van der Waals surface area contributed by atoms with Gasteiger partial charge in [-0.3, -0.25) is 9.69 Å². The van der Waals surface area contributed by atoms with E-state index < -0.39 is 5.97 Å². The van der Waals surface area contributed by atoms with E-state index in [4.69, 9.17) is 9.52 Å². The Balaban J connectivity index is 1.44. The number of likely N-dealkylation sites (tertiary alicyclic amines) is 1. The van der Waals surface area contributed by atoms with Gasteiger partial charge >= 0.3 is 5.97 Å². The van der Waals surface area contributed by atoms with Gasteiger partial charge in [-0.25, -0.2) is 4.79 Å². The zero-order valence-electron chi connectivity index (χ0n) is 14.9. The SMILES string of the molecule is Cc1oc(CN2CCC(NC(=O)C3CCCCC3)CC2)cc1C(=O)O. The average molecular weight is 348 g/mol. The molecule has 0 aromatic carbocycles. The van der Waals surface area contributed by atoms with Crippen molar-refractivity contribution in [1.82, 2.24) is 10.2 Å². The summed E-state index contributed by atoms with van der Waals surface area (Å²) in [6.45, 7) is 4.08. The summed E-state index contributed by atoms with van der Waals surface area (Å²) in [5, 5.41) is 12.3. The van der Waals surface area contributed by atoms with Crippen LogP contribution in [-0.2, 0) is 11.3 Å². The van der Waals surface area contributed by atoms with Crippen molar-refractivity contribution in [2.75, 3.05) is 13.1 Å². The van der Waals surface area contributed by atoms with Crippen LogP contribution in [0.4, 0.5) is 0 Å². The van der Waals surface area contributed by atoms with Crippen molar-refractivity contribution in [3.05, 3.63) is 23.2 Å². The number of carboxylic acids is 1. The zero-order valence-corrected chi connectivity index (χ0v) is 14.9. The number of piperidine rings is 1. The molecule has 2 fully saturated rings. The van der Waals surface area contributed by atoms with Crippen molar-refractivity contribution in [3.8, 4) is 0 Å². The van der Waals surface area contributed by atoms with E-state index >= 15 is 0 Å². The molecule has 0 spiro atoms. The first kappa shape index (κ1) is 18.0. The number of carbonyl (C=O) groups is 2. The maximum atomic E-state index is 12.3. The highest BCUT2D eigenvalue weighted by molar-refractivity contribution is 5.88. The van der Waals surface area contributed by atoms with E-state index in [1.54, 1.807) is 13.0 Å². The molecule has 2 N–H and O–H groups in total. The van der Waals surface area contributed by atoms with Crippen LogP contribution in [0.25, 0.3) is 0 Å². The van der Waals surface area contributed by atoms with Crippen LogP contribution in [0.1, 0.15) is 66.8 Å². The first-order valence-electron chi connectivity index (χ1n) is 9.38. The van der Waals surface area contributed by atoms with Crippen LogP contribution in [0.2, 0.25) is 0 Å². The van der Waals surface area contributed by atoms with Crippen LogP contribution >= 0.6 is 0 Å². The summed E-state index contributed by atoms with van der Waals surface area (Å²) in [7, 11) is 0. The molecule has 1 saturated heterocycles. The first-order valence-corrected chi connectivity index (χ1v) is 9.38. The molecular formula is C19H28N2O4. The second-order valence-electron chi connectivity index (χ2n) is 7.38.